The zero-order valence-electron chi connectivity index (χ0n) is 10.8. The normalized spacial score (nSPS) is 13.1. The summed E-state index contributed by atoms with van der Waals surface area (Å²) in [6, 6.07) is 0. The van der Waals surface area contributed by atoms with Gasteiger partial charge in [-0.15, -0.1) is 0 Å². The molecule has 0 aliphatic heterocycles. The van der Waals surface area contributed by atoms with Gasteiger partial charge in [-0.25, -0.2) is 5.84 Å². The van der Waals surface area contributed by atoms with Gasteiger partial charge in [0.2, 0.25) is 5.91 Å². The highest BCUT2D eigenvalue weighted by Gasteiger charge is 2.29. The molecule has 0 aliphatic carbocycles. The van der Waals surface area contributed by atoms with Gasteiger partial charge in [-0.05, 0) is 26.3 Å². The topological polar surface area (TPSA) is 58.4 Å². The van der Waals surface area contributed by atoms with Crippen LogP contribution in [0.4, 0.5) is 0 Å². The van der Waals surface area contributed by atoms with Crippen LogP contribution in [0, 0.1) is 10.8 Å². The van der Waals surface area contributed by atoms with Gasteiger partial charge in [0.15, 0.2) is 0 Å². The molecule has 90 valence electrons. The molecule has 0 aromatic heterocycles. The number of nitrogens with zero attached hydrogens (tertiary/aromatic N) is 1. The van der Waals surface area contributed by atoms with Gasteiger partial charge in [-0.1, -0.05) is 20.8 Å². The number of carbonyl (C=O) groups excluding carboxylic acids is 1. The quantitative estimate of drug-likeness (QED) is 0.417. The highest BCUT2D eigenvalue weighted by atomic mass is 16.2. The van der Waals surface area contributed by atoms with Crippen LogP contribution in [0.15, 0.2) is 0 Å². The lowest BCUT2D eigenvalue weighted by Crippen LogP contribution is -2.47. The summed E-state index contributed by atoms with van der Waals surface area (Å²) in [5.74, 6) is 5.02. The Kier molecular flexibility index (Phi) is 4.74. The van der Waals surface area contributed by atoms with Gasteiger partial charge >= 0.3 is 0 Å². The Hall–Kier alpha value is -0.610. The lowest BCUT2D eigenvalue weighted by molar-refractivity contribution is -0.130. The molecule has 0 aliphatic rings. The molecule has 0 spiro atoms. The number of nitrogens with two attached hydrogens (primary N) is 1. The van der Waals surface area contributed by atoms with Crippen molar-refractivity contribution in [1.29, 1.82) is 0 Å². The predicted molar refractivity (Wildman–Crippen MR) is 63.1 cm³/mol. The van der Waals surface area contributed by atoms with Crippen LogP contribution in [0.25, 0.3) is 0 Å². The van der Waals surface area contributed by atoms with E-state index in [2.05, 4.69) is 31.1 Å². The average molecular weight is 215 g/mol. The Morgan fingerprint density at radius 3 is 2.00 bits per heavy atom. The molecular weight excluding hydrogens is 190 g/mol. The smallest absolute Gasteiger partial charge is 0.240 e. The van der Waals surface area contributed by atoms with Crippen molar-refractivity contribution >= 4 is 5.91 Å². The Morgan fingerprint density at radius 1 is 1.20 bits per heavy atom. The van der Waals surface area contributed by atoms with E-state index in [4.69, 9.17) is 5.84 Å². The molecule has 0 aromatic carbocycles. The van der Waals surface area contributed by atoms with E-state index in [1.54, 1.807) is 0 Å². The molecule has 15 heavy (non-hydrogen) atoms. The average Bonchev–Trinajstić information content (AvgIpc) is 1.97. The van der Waals surface area contributed by atoms with Crippen LogP contribution in [-0.4, -0.2) is 30.9 Å². The van der Waals surface area contributed by atoms with E-state index < -0.39 is 5.41 Å². The minimum Gasteiger partial charge on any atom is -0.305 e. The monoisotopic (exact) mass is 215 g/mol. The lowest BCUT2D eigenvalue weighted by atomic mass is 9.90. The Morgan fingerprint density at radius 2 is 1.67 bits per heavy atom. The third-order valence-corrected chi connectivity index (χ3v) is 2.16. The molecule has 3 N–H and O–H groups in total. The second-order valence-corrected chi connectivity index (χ2v) is 6.09. The predicted octanol–water partition coefficient (Wildman–Crippen LogP) is 0.980. The summed E-state index contributed by atoms with van der Waals surface area (Å²) in [6.45, 7) is 12.0. The van der Waals surface area contributed by atoms with Crippen LogP contribution in [-0.2, 0) is 4.79 Å². The maximum absolute atomic E-state index is 11.5. The van der Waals surface area contributed by atoms with Crippen LogP contribution >= 0.6 is 0 Å². The summed E-state index contributed by atoms with van der Waals surface area (Å²) >= 11 is 0. The number of nitrogens with one attached hydrogen (secondary N) is 1. The van der Waals surface area contributed by atoms with Crippen molar-refractivity contribution < 1.29 is 4.79 Å². The molecule has 0 rings (SSSR count). The van der Waals surface area contributed by atoms with E-state index in [9.17, 15) is 4.79 Å². The zero-order chi connectivity index (χ0) is 12.3. The van der Waals surface area contributed by atoms with Crippen molar-refractivity contribution in [3.8, 4) is 0 Å². The first-order chi connectivity index (χ1) is 6.58. The Balaban J connectivity index is 4.28. The standard InChI is InChI=1S/C11H25N3O/c1-10(2,3)7-14(6)8-11(4,5)9(15)13-12/h7-8,12H2,1-6H3,(H,13,15). The highest BCUT2D eigenvalue weighted by Crippen LogP contribution is 2.20. The fourth-order valence-corrected chi connectivity index (χ4v) is 1.81. The molecule has 4 heteroatoms. The molecule has 0 unspecified atom stereocenters. The first-order valence-corrected chi connectivity index (χ1v) is 5.28. The van der Waals surface area contributed by atoms with E-state index in [0.717, 1.165) is 6.54 Å². The molecule has 0 saturated carbocycles. The van der Waals surface area contributed by atoms with Gasteiger partial charge in [0.25, 0.3) is 0 Å². The number of rotatable bonds is 4. The maximum atomic E-state index is 11.5. The van der Waals surface area contributed by atoms with Crippen molar-refractivity contribution in [2.24, 2.45) is 16.7 Å². The summed E-state index contributed by atoms with van der Waals surface area (Å²) in [6.07, 6.45) is 0. The van der Waals surface area contributed by atoms with Crippen molar-refractivity contribution in [2.75, 3.05) is 20.1 Å². The number of carbonyl (C=O) groups is 1. The van der Waals surface area contributed by atoms with Crippen LogP contribution < -0.4 is 11.3 Å². The van der Waals surface area contributed by atoms with Crippen LogP contribution in [0.5, 0.6) is 0 Å². The number of hydrogen-bond acceptors (Lipinski definition) is 3. The van der Waals surface area contributed by atoms with Gasteiger partial charge in [0.1, 0.15) is 0 Å². The molecule has 1 amide bonds. The highest BCUT2D eigenvalue weighted by molar-refractivity contribution is 5.81. The molecule has 0 radical (unpaired) electrons. The van der Waals surface area contributed by atoms with E-state index in [1.165, 1.54) is 0 Å². The van der Waals surface area contributed by atoms with Crippen molar-refractivity contribution in [3.63, 3.8) is 0 Å². The van der Waals surface area contributed by atoms with E-state index in [1.807, 2.05) is 20.9 Å². The van der Waals surface area contributed by atoms with Crippen molar-refractivity contribution in [2.45, 2.75) is 34.6 Å². The van der Waals surface area contributed by atoms with E-state index in [0.29, 0.717) is 6.54 Å². The van der Waals surface area contributed by atoms with E-state index >= 15 is 0 Å². The fourth-order valence-electron chi connectivity index (χ4n) is 1.81. The first kappa shape index (κ1) is 14.4. The van der Waals surface area contributed by atoms with Crippen molar-refractivity contribution in [1.82, 2.24) is 10.3 Å². The summed E-state index contributed by atoms with van der Waals surface area (Å²) < 4.78 is 0. The minimum atomic E-state index is -0.450. The van der Waals surface area contributed by atoms with Crippen LogP contribution in [0.1, 0.15) is 34.6 Å². The molecule has 4 nitrogen and oxygen atoms in total. The molecule has 0 heterocycles. The molecule has 0 fully saturated rings. The third kappa shape index (κ3) is 5.74. The Bertz CT molecular complexity index is 218. The molecule has 0 atom stereocenters. The van der Waals surface area contributed by atoms with Gasteiger partial charge < -0.3 is 4.90 Å². The molecule has 0 saturated heterocycles. The third-order valence-electron chi connectivity index (χ3n) is 2.16. The van der Waals surface area contributed by atoms with Crippen LogP contribution in [0.3, 0.4) is 0 Å². The first-order valence-electron chi connectivity index (χ1n) is 5.28. The molecule has 0 bridgehead atoms. The van der Waals surface area contributed by atoms with Crippen LogP contribution in [0.2, 0.25) is 0 Å². The molecular formula is C11H25N3O. The largest absolute Gasteiger partial charge is 0.305 e. The van der Waals surface area contributed by atoms with E-state index in [-0.39, 0.29) is 11.3 Å². The summed E-state index contributed by atoms with van der Waals surface area (Å²) in [5, 5.41) is 0. The number of hydrogen-bond donors (Lipinski definition) is 2. The van der Waals surface area contributed by atoms with Gasteiger partial charge in [-0.2, -0.15) is 0 Å². The summed E-state index contributed by atoms with van der Waals surface area (Å²) in [5.41, 5.74) is 2.00. The van der Waals surface area contributed by atoms with Gasteiger partial charge in [-0.3, -0.25) is 10.2 Å². The zero-order valence-corrected chi connectivity index (χ0v) is 10.8. The molecule has 0 aromatic rings. The maximum Gasteiger partial charge on any atom is 0.240 e. The second-order valence-electron chi connectivity index (χ2n) is 6.09. The minimum absolute atomic E-state index is 0.122. The number of hydrazine groups is 1. The van der Waals surface area contributed by atoms with Gasteiger partial charge in [0, 0.05) is 13.1 Å². The summed E-state index contributed by atoms with van der Waals surface area (Å²) in [7, 11) is 2.02. The second kappa shape index (κ2) is 4.94. The fraction of sp³-hybridized carbons (Fsp3) is 0.909. The van der Waals surface area contributed by atoms with Crippen molar-refractivity contribution in [3.05, 3.63) is 0 Å². The lowest BCUT2D eigenvalue weighted by Gasteiger charge is -2.32. The SMILES string of the molecule is CN(CC(C)(C)C)CC(C)(C)C(=O)NN. The van der Waals surface area contributed by atoms with Gasteiger partial charge in [0.05, 0.1) is 5.41 Å². The Labute approximate surface area is 93.2 Å². The summed E-state index contributed by atoms with van der Waals surface area (Å²) in [4.78, 5) is 13.6. The number of amides is 1.